The van der Waals surface area contributed by atoms with Crippen LogP contribution in [0, 0.1) is 0 Å². The summed E-state index contributed by atoms with van der Waals surface area (Å²) in [4.78, 5) is 12.0. The van der Waals surface area contributed by atoms with Gasteiger partial charge in [-0.05, 0) is 12.8 Å². The highest BCUT2D eigenvalue weighted by atomic mass is 16.2. The molecule has 19 heavy (non-hydrogen) atoms. The van der Waals surface area contributed by atoms with Gasteiger partial charge in [0.15, 0.2) is 11.5 Å². The van der Waals surface area contributed by atoms with Crippen molar-refractivity contribution in [2.45, 2.75) is 25.3 Å². The molecule has 1 fully saturated rings. The number of amides is 1. The highest BCUT2D eigenvalue weighted by Gasteiger charge is 2.30. The number of nitrogen functional groups attached to an aromatic ring is 1. The number of aromatic nitrogens is 5. The van der Waals surface area contributed by atoms with Gasteiger partial charge in [-0.15, -0.1) is 10.2 Å². The Bertz CT molecular complexity index is 610. The van der Waals surface area contributed by atoms with Crippen molar-refractivity contribution in [3.8, 4) is 0 Å². The van der Waals surface area contributed by atoms with E-state index in [1.165, 1.54) is 0 Å². The van der Waals surface area contributed by atoms with E-state index in [4.69, 9.17) is 5.73 Å². The molecule has 0 spiro atoms. The van der Waals surface area contributed by atoms with E-state index < -0.39 is 0 Å². The summed E-state index contributed by atoms with van der Waals surface area (Å²) in [6.07, 6.45) is 3.79. The molecule has 4 N–H and O–H groups in total. The number of nitrogens with one attached hydrogen (secondary N) is 2. The van der Waals surface area contributed by atoms with E-state index in [1.54, 1.807) is 10.9 Å². The molecule has 1 saturated carbocycles. The van der Waals surface area contributed by atoms with Crippen LogP contribution >= 0.6 is 0 Å². The summed E-state index contributed by atoms with van der Waals surface area (Å²) >= 11 is 0. The van der Waals surface area contributed by atoms with Crippen molar-refractivity contribution in [3.63, 3.8) is 0 Å². The standard InChI is InChI=1S/C11H15N7O/c1-18-5-14-15-7(18)4-13-11(19)10-8(12)9(16-17-10)6-2-3-6/h5-6H,2-4,12H2,1H3,(H,13,19)(H,16,17). The van der Waals surface area contributed by atoms with Crippen molar-refractivity contribution in [1.82, 2.24) is 30.3 Å². The number of H-pyrrole nitrogens is 1. The Kier molecular flexibility index (Phi) is 2.69. The van der Waals surface area contributed by atoms with Crippen molar-refractivity contribution >= 4 is 11.6 Å². The topological polar surface area (TPSA) is 115 Å². The Morgan fingerprint density at radius 1 is 1.63 bits per heavy atom. The van der Waals surface area contributed by atoms with E-state index in [9.17, 15) is 4.79 Å². The SMILES string of the molecule is Cn1cnnc1CNC(=O)c1n[nH]c(C2CC2)c1N. The predicted molar refractivity (Wildman–Crippen MR) is 67.1 cm³/mol. The second-order valence-corrected chi connectivity index (χ2v) is 4.71. The van der Waals surface area contributed by atoms with Crippen LogP contribution in [0.3, 0.4) is 0 Å². The summed E-state index contributed by atoms with van der Waals surface area (Å²) < 4.78 is 1.74. The van der Waals surface area contributed by atoms with Crippen LogP contribution in [0.1, 0.15) is 40.8 Å². The second kappa shape index (κ2) is 4.38. The number of carbonyl (C=O) groups excluding carboxylic acids is 1. The minimum Gasteiger partial charge on any atom is -0.395 e. The zero-order valence-corrected chi connectivity index (χ0v) is 10.6. The summed E-state index contributed by atoms with van der Waals surface area (Å²) in [6.45, 7) is 0.292. The van der Waals surface area contributed by atoms with E-state index in [0.29, 0.717) is 24.0 Å². The number of nitrogens with two attached hydrogens (primary N) is 1. The number of anilines is 1. The molecular weight excluding hydrogens is 246 g/mol. The van der Waals surface area contributed by atoms with Crippen molar-refractivity contribution in [3.05, 3.63) is 23.5 Å². The molecule has 0 unspecified atom stereocenters. The van der Waals surface area contributed by atoms with Gasteiger partial charge in [-0.25, -0.2) is 0 Å². The second-order valence-electron chi connectivity index (χ2n) is 4.71. The number of aromatic amines is 1. The fourth-order valence-electron chi connectivity index (χ4n) is 1.93. The van der Waals surface area contributed by atoms with E-state index in [-0.39, 0.29) is 11.6 Å². The molecule has 8 heteroatoms. The molecule has 0 saturated heterocycles. The summed E-state index contributed by atoms with van der Waals surface area (Å²) in [7, 11) is 1.82. The van der Waals surface area contributed by atoms with Gasteiger partial charge < -0.3 is 15.6 Å². The van der Waals surface area contributed by atoms with Crippen LogP contribution in [0.25, 0.3) is 0 Å². The van der Waals surface area contributed by atoms with E-state index in [2.05, 4.69) is 25.7 Å². The molecule has 0 atom stereocenters. The molecule has 1 aliphatic rings. The van der Waals surface area contributed by atoms with Gasteiger partial charge in [-0.3, -0.25) is 9.89 Å². The molecule has 100 valence electrons. The summed E-state index contributed by atoms with van der Waals surface area (Å²) in [5, 5.41) is 17.2. The minimum absolute atomic E-state index is 0.254. The lowest BCUT2D eigenvalue weighted by Crippen LogP contribution is -2.25. The van der Waals surface area contributed by atoms with Crippen LogP contribution < -0.4 is 11.1 Å². The van der Waals surface area contributed by atoms with Gasteiger partial charge in [0, 0.05) is 13.0 Å². The van der Waals surface area contributed by atoms with Gasteiger partial charge in [0.1, 0.15) is 6.33 Å². The Labute approximate surface area is 109 Å². The monoisotopic (exact) mass is 261 g/mol. The molecule has 8 nitrogen and oxygen atoms in total. The largest absolute Gasteiger partial charge is 0.395 e. The molecule has 0 aromatic carbocycles. The van der Waals surface area contributed by atoms with Gasteiger partial charge in [-0.2, -0.15) is 5.10 Å². The predicted octanol–water partition coefficient (Wildman–Crippen LogP) is -0.0722. The molecule has 0 aliphatic heterocycles. The maximum Gasteiger partial charge on any atom is 0.274 e. The van der Waals surface area contributed by atoms with Gasteiger partial charge in [-0.1, -0.05) is 0 Å². The first-order chi connectivity index (χ1) is 9.16. The van der Waals surface area contributed by atoms with Gasteiger partial charge in [0.2, 0.25) is 0 Å². The van der Waals surface area contributed by atoms with Crippen LogP contribution in [0.2, 0.25) is 0 Å². The Hall–Kier alpha value is -2.38. The van der Waals surface area contributed by atoms with Gasteiger partial charge in [0.25, 0.3) is 5.91 Å². The zero-order valence-electron chi connectivity index (χ0n) is 10.6. The van der Waals surface area contributed by atoms with E-state index >= 15 is 0 Å². The molecular formula is C11H15N7O. The number of rotatable bonds is 4. The van der Waals surface area contributed by atoms with Crippen LogP contribution in [0.4, 0.5) is 5.69 Å². The Balaban J connectivity index is 1.68. The first-order valence-corrected chi connectivity index (χ1v) is 6.11. The maximum absolute atomic E-state index is 12.0. The third-order valence-corrected chi connectivity index (χ3v) is 3.25. The van der Waals surface area contributed by atoms with Crippen molar-refractivity contribution in [2.24, 2.45) is 7.05 Å². The minimum atomic E-state index is -0.302. The van der Waals surface area contributed by atoms with Crippen LogP contribution in [-0.4, -0.2) is 30.9 Å². The number of aryl methyl sites for hydroxylation is 1. The Morgan fingerprint density at radius 2 is 2.42 bits per heavy atom. The lowest BCUT2D eigenvalue weighted by atomic mass is 10.2. The fraction of sp³-hybridized carbons (Fsp3) is 0.455. The van der Waals surface area contributed by atoms with Crippen LogP contribution in [-0.2, 0) is 13.6 Å². The summed E-state index contributed by atoms with van der Waals surface area (Å²) in [5.41, 5.74) is 7.53. The van der Waals surface area contributed by atoms with E-state index in [0.717, 1.165) is 18.5 Å². The molecule has 0 bridgehead atoms. The fourth-order valence-corrected chi connectivity index (χ4v) is 1.93. The van der Waals surface area contributed by atoms with Gasteiger partial charge in [0.05, 0.1) is 17.9 Å². The first-order valence-electron chi connectivity index (χ1n) is 6.11. The zero-order chi connectivity index (χ0) is 13.4. The Morgan fingerprint density at radius 3 is 3.05 bits per heavy atom. The molecule has 2 aromatic heterocycles. The van der Waals surface area contributed by atoms with Gasteiger partial charge >= 0.3 is 0 Å². The molecule has 0 radical (unpaired) electrons. The highest BCUT2D eigenvalue weighted by molar-refractivity contribution is 5.97. The quantitative estimate of drug-likeness (QED) is 0.712. The third-order valence-electron chi connectivity index (χ3n) is 3.25. The van der Waals surface area contributed by atoms with Crippen LogP contribution in [0.5, 0.6) is 0 Å². The summed E-state index contributed by atoms with van der Waals surface area (Å²) in [6, 6.07) is 0. The molecule has 1 amide bonds. The average molecular weight is 261 g/mol. The number of carbonyl (C=O) groups is 1. The highest BCUT2D eigenvalue weighted by Crippen LogP contribution is 2.42. The smallest absolute Gasteiger partial charge is 0.274 e. The lowest BCUT2D eigenvalue weighted by molar-refractivity contribution is 0.0945. The maximum atomic E-state index is 12.0. The summed E-state index contributed by atoms with van der Waals surface area (Å²) in [5.74, 6) is 0.807. The third kappa shape index (κ3) is 2.16. The van der Waals surface area contributed by atoms with Crippen molar-refractivity contribution in [1.29, 1.82) is 0 Å². The number of hydrogen-bond donors (Lipinski definition) is 3. The normalized spacial score (nSPS) is 14.6. The first kappa shape index (κ1) is 11.7. The average Bonchev–Trinajstić information content (AvgIpc) is 3.04. The van der Waals surface area contributed by atoms with Crippen LogP contribution in [0.15, 0.2) is 6.33 Å². The number of nitrogens with zero attached hydrogens (tertiary/aromatic N) is 4. The van der Waals surface area contributed by atoms with Crippen molar-refractivity contribution in [2.75, 3.05) is 5.73 Å². The van der Waals surface area contributed by atoms with E-state index in [1.807, 2.05) is 7.05 Å². The molecule has 2 aromatic rings. The lowest BCUT2D eigenvalue weighted by Gasteiger charge is -2.03. The number of hydrogen-bond acceptors (Lipinski definition) is 5. The van der Waals surface area contributed by atoms with Crippen molar-refractivity contribution < 1.29 is 4.79 Å². The molecule has 2 heterocycles. The molecule has 3 rings (SSSR count). The molecule has 1 aliphatic carbocycles.